The third-order valence-corrected chi connectivity index (χ3v) is 6.10. The first kappa shape index (κ1) is 19.4. The molecule has 1 aliphatic heterocycles. The van der Waals surface area contributed by atoms with Crippen LogP contribution in [0.15, 0.2) is 32.7 Å². The molecule has 1 aromatic carbocycles. The van der Waals surface area contributed by atoms with Gasteiger partial charge < -0.3 is 10.4 Å². The molecule has 2 aromatic rings. The van der Waals surface area contributed by atoms with Gasteiger partial charge in [0, 0.05) is 7.05 Å². The smallest absolute Gasteiger partial charge is 0.332 e. The van der Waals surface area contributed by atoms with Crippen LogP contribution in [0.2, 0.25) is 0 Å². The highest BCUT2D eigenvalue weighted by atomic mass is 32.2. The van der Waals surface area contributed by atoms with E-state index in [9.17, 15) is 36.4 Å². The van der Waals surface area contributed by atoms with E-state index in [1.54, 1.807) is 0 Å². The van der Waals surface area contributed by atoms with Crippen molar-refractivity contribution in [2.24, 2.45) is 7.05 Å². The summed E-state index contributed by atoms with van der Waals surface area (Å²) in [5.41, 5.74) is -2.48. The minimum Gasteiger partial charge on any atom is -0.480 e. The Bertz CT molecular complexity index is 1260. The minimum atomic E-state index is -4.97. The van der Waals surface area contributed by atoms with Crippen molar-refractivity contribution in [3.05, 3.63) is 56.2 Å². The topological polar surface area (TPSA) is 145 Å². The maximum Gasteiger partial charge on any atom is 0.332 e. The van der Waals surface area contributed by atoms with E-state index in [0.29, 0.717) is 9.13 Å². The highest BCUT2D eigenvalue weighted by Gasteiger charge is 2.48. The SMILES string of the molecule is Cn1c2c(c(=O)n(Cc3ccc(F)c(F)c3)c1=O)S(=O)(=O)C(C(=O)O)C(=O)N2. The Morgan fingerprint density at radius 1 is 1.21 bits per heavy atom. The summed E-state index contributed by atoms with van der Waals surface area (Å²) in [6.07, 6.45) is 0. The average molecular weight is 415 g/mol. The Morgan fingerprint density at radius 3 is 2.43 bits per heavy atom. The van der Waals surface area contributed by atoms with Gasteiger partial charge in [-0.05, 0) is 17.7 Å². The largest absolute Gasteiger partial charge is 0.480 e. The summed E-state index contributed by atoms with van der Waals surface area (Å²) in [4.78, 5) is 47.1. The Labute approximate surface area is 154 Å². The van der Waals surface area contributed by atoms with Crippen LogP contribution in [0.25, 0.3) is 0 Å². The first-order valence-corrected chi connectivity index (χ1v) is 9.06. The third kappa shape index (κ3) is 2.79. The van der Waals surface area contributed by atoms with Crippen molar-refractivity contribution in [3.8, 4) is 0 Å². The number of rotatable bonds is 3. The van der Waals surface area contributed by atoms with Crippen molar-refractivity contribution < 1.29 is 31.9 Å². The van der Waals surface area contributed by atoms with Crippen molar-refractivity contribution in [3.63, 3.8) is 0 Å². The van der Waals surface area contributed by atoms with Crippen LogP contribution in [0.4, 0.5) is 14.6 Å². The number of carboxylic acids is 1. The van der Waals surface area contributed by atoms with Gasteiger partial charge in [-0.2, -0.15) is 0 Å². The number of carboxylic acid groups (broad SMARTS) is 1. The van der Waals surface area contributed by atoms with Crippen LogP contribution in [0, 0.1) is 11.6 Å². The molecule has 0 spiro atoms. The fourth-order valence-corrected chi connectivity index (χ4v) is 4.44. The summed E-state index contributed by atoms with van der Waals surface area (Å²) in [6.45, 7) is -0.614. The van der Waals surface area contributed by atoms with Crippen LogP contribution in [-0.2, 0) is 33.0 Å². The second-order valence-corrected chi connectivity index (χ2v) is 7.88. The van der Waals surface area contributed by atoms with E-state index < -0.39 is 67.1 Å². The second kappa shape index (κ2) is 6.37. The molecule has 2 N–H and O–H groups in total. The Balaban J connectivity index is 2.28. The maximum absolute atomic E-state index is 13.4. The summed E-state index contributed by atoms with van der Waals surface area (Å²) in [7, 11) is -3.91. The normalized spacial score (nSPS) is 17.7. The predicted octanol–water partition coefficient (Wildman–Crippen LogP) is -0.947. The minimum absolute atomic E-state index is 0.0231. The molecular weight excluding hydrogens is 404 g/mol. The van der Waals surface area contributed by atoms with Crippen molar-refractivity contribution in [2.45, 2.75) is 16.7 Å². The number of carbonyl (C=O) groups is 2. The molecule has 1 amide bonds. The number of halogens is 2. The monoisotopic (exact) mass is 415 g/mol. The van der Waals surface area contributed by atoms with E-state index in [1.165, 1.54) is 0 Å². The lowest BCUT2D eigenvalue weighted by Crippen LogP contribution is -2.52. The molecule has 0 aliphatic carbocycles. The lowest BCUT2D eigenvalue weighted by atomic mass is 10.2. The molecule has 2 heterocycles. The molecule has 1 aliphatic rings. The van der Waals surface area contributed by atoms with Crippen molar-refractivity contribution in [2.75, 3.05) is 5.32 Å². The number of aromatic nitrogens is 2. The van der Waals surface area contributed by atoms with Gasteiger partial charge in [0.15, 0.2) is 16.5 Å². The number of fused-ring (bicyclic) bond motifs is 1. The van der Waals surface area contributed by atoms with Gasteiger partial charge in [0.25, 0.3) is 11.5 Å². The molecule has 1 aromatic heterocycles. The number of carbonyl (C=O) groups excluding carboxylic acids is 1. The zero-order valence-electron chi connectivity index (χ0n) is 14.0. The maximum atomic E-state index is 13.4. The summed E-state index contributed by atoms with van der Waals surface area (Å²) in [6, 6.07) is 2.56. The molecule has 0 radical (unpaired) electrons. The molecular formula is C15H11F2N3O7S. The van der Waals surface area contributed by atoms with Crippen LogP contribution in [0.5, 0.6) is 0 Å². The highest BCUT2D eigenvalue weighted by molar-refractivity contribution is 7.93. The number of aliphatic carboxylic acids is 1. The van der Waals surface area contributed by atoms with E-state index >= 15 is 0 Å². The van der Waals surface area contributed by atoms with Crippen LogP contribution in [-0.4, -0.2) is 39.8 Å². The van der Waals surface area contributed by atoms with E-state index in [-0.39, 0.29) is 5.56 Å². The summed E-state index contributed by atoms with van der Waals surface area (Å²) >= 11 is 0. The molecule has 13 heteroatoms. The average Bonchev–Trinajstić information content (AvgIpc) is 2.58. The van der Waals surface area contributed by atoms with Gasteiger partial charge in [-0.3, -0.25) is 23.5 Å². The van der Waals surface area contributed by atoms with Gasteiger partial charge in [0.2, 0.25) is 15.1 Å². The van der Waals surface area contributed by atoms with Crippen LogP contribution < -0.4 is 16.6 Å². The van der Waals surface area contributed by atoms with Gasteiger partial charge in [0.05, 0.1) is 6.54 Å². The Kier molecular flexibility index (Phi) is 4.41. The standard InChI is InChI=1S/C15H11F2N3O7S/c1-19-11-9(28(26,27)10(14(23)24)12(21)18-11)13(22)20(15(19)25)5-6-2-3-7(16)8(17)4-6/h2-4,10H,5H2,1H3,(H,18,21)(H,23,24). The number of anilines is 1. The molecule has 0 saturated carbocycles. The zero-order chi connectivity index (χ0) is 21.0. The quantitative estimate of drug-likeness (QED) is 0.615. The summed E-state index contributed by atoms with van der Waals surface area (Å²) in [5.74, 6) is -6.49. The Morgan fingerprint density at radius 2 is 1.86 bits per heavy atom. The van der Waals surface area contributed by atoms with Crippen molar-refractivity contribution in [1.82, 2.24) is 9.13 Å². The number of sulfone groups is 1. The number of amides is 1. The molecule has 0 bridgehead atoms. The molecule has 10 nitrogen and oxygen atoms in total. The van der Waals surface area contributed by atoms with Crippen molar-refractivity contribution >= 4 is 27.5 Å². The molecule has 28 heavy (non-hydrogen) atoms. The van der Waals surface area contributed by atoms with E-state index in [4.69, 9.17) is 5.11 Å². The molecule has 148 valence electrons. The molecule has 3 rings (SSSR count). The summed E-state index contributed by atoms with van der Waals surface area (Å²) < 4.78 is 52.6. The highest BCUT2D eigenvalue weighted by Crippen LogP contribution is 2.26. The van der Waals surface area contributed by atoms with Crippen LogP contribution in [0.3, 0.4) is 0 Å². The zero-order valence-corrected chi connectivity index (χ0v) is 14.8. The molecule has 1 unspecified atom stereocenters. The van der Waals surface area contributed by atoms with Gasteiger partial charge in [0.1, 0.15) is 5.82 Å². The fraction of sp³-hybridized carbons (Fsp3) is 0.200. The lowest BCUT2D eigenvalue weighted by molar-refractivity contribution is -0.139. The van der Waals surface area contributed by atoms with Crippen LogP contribution >= 0.6 is 0 Å². The second-order valence-electron chi connectivity index (χ2n) is 5.91. The van der Waals surface area contributed by atoms with Gasteiger partial charge >= 0.3 is 11.7 Å². The number of nitrogens with one attached hydrogen (secondary N) is 1. The first-order chi connectivity index (χ1) is 13.0. The van der Waals surface area contributed by atoms with E-state index in [0.717, 1.165) is 25.2 Å². The predicted molar refractivity (Wildman–Crippen MR) is 88.6 cm³/mol. The summed E-state index contributed by atoms with van der Waals surface area (Å²) in [5, 5.41) is 8.43. The molecule has 0 saturated heterocycles. The fourth-order valence-electron chi connectivity index (χ4n) is 2.78. The van der Waals surface area contributed by atoms with Gasteiger partial charge in [-0.15, -0.1) is 0 Å². The Hall–Kier alpha value is -3.35. The van der Waals surface area contributed by atoms with Gasteiger partial charge in [-0.1, -0.05) is 6.07 Å². The number of nitrogens with zero attached hydrogens (tertiary/aromatic N) is 2. The first-order valence-electron chi connectivity index (χ1n) is 7.52. The molecule has 1 atom stereocenters. The lowest BCUT2D eigenvalue weighted by Gasteiger charge is -2.24. The molecule has 0 fully saturated rings. The third-order valence-electron chi connectivity index (χ3n) is 4.13. The van der Waals surface area contributed by atoms with Gasteiger partial charge in [-0.25, -0.2) is 22.0 Å². The van der Waals surface area contributed by atoms with E-state index in [2.05, 4.69) is 0 Å². The number of hydrogen-bond acceptors (Lipinski definition) is 6. The van der Waals surface area contributed by atoms with Crippen molar-refractivity contribution in [1.29, 1.82) is 0 Å². The van der Waals surface area contributed by atoms with Crippen LogP contribution in [0.1, 0.15) is 5.56 Å². The number of hydrogen-bond donors (Lipinski definition) is 2. The number of benzene rings is 1. The van der Waals surface area contributed by atoms with E-state index in [1.807, 2.05) is 5.32 Å².